The third-order valence-electron chi connectivity index (χ3n) is 3.35. The summed E-state index contributed by atoms with van der Waals surface area (Å²) < 4.78 is 27.1. The number of benzene rings is 1. The highest BCUT2D eigenvalue weighted by Crippen LogP contribution is 2.24. The lowest BCUT2D eigenvalue weighted by molar-refractivity contribution is 0.444. The highest BCUT2D eigenvalue weighted by molar-refractivity contribution is 7.89. The van der Waals surface area contributed by atoms with Gasteiger partial charge in [0, 0.05) is 12.2 Å². The molecule has 0 spiro atoms. The van der Waals surface area contributed by atoms with Crippen LogP contribution in [0.4, 0.5) is 5.69 Å². The Morgan fingerprint density at radius 3 is 2.65 bits per heavy atom. The topological polar surface area (TPSA) is 72.2 Å². The summed E-state index contributed by atoms with van der Waals surface area (Å²) in [5.41, 5.74) is 6.00. The number of sulfonamides is 1. The van der Waals surface area contributed by atoms with Crippen molar-refractivity contribution >= 4 is 27.3 Å². The lowest BCUT2D eigenvalue weighted by Crippen LogP contribution is -2.29. The second-order valence-electron chi connectivity index (χ2n) is 4.96. The van der Waals surface area contributed by atoms with Gasteiger partial charge in [-0.25, -0.2) is 13.1 Å². The van der Waals surface area contributed by atoms with Crippen LogP contribution >= 0.6 is 11.6 Å². The van der Waals surface area contributed by atoms with Crippen LogP contribution in [0.15, 0.2) is 23.1 Å². The molecule has 3 N–H and O–H groups in total. The molecular weight excluding hydrogens is 296 g/mol. The lowest BCUT2D eigenvalue weighted by Gasteiger charge is -2.16. The minimum atomic E-state index is -3.61. The molecule has 0 aromatic heterocycles. The minimum Gasteiger partial charge on any atom is -0.399 e. The first-order chi connectivity index (χ1) is 9.40. The van der Waals surface area contributed by atoms with Gasteiger partial charge >= 0.3 is 0 Å². The molecule has 1 aromatic carbocycles. The zero-order valence-corrected chi connectivity index (χ0v) is 13.6. The fourth-order valence-corrected chi connectivity index (χ4v) is 3.62. The monoisotopic (exact) mass is 318 g/mol. The Morgan fingerprint density at radius 1 is 1.35 bits per heavy atom. The van der Waals surface area contributed by atoms with Gasteiger partial charge in [-0.1, -0.05) is 44.7 Å². The van der Waals surface area contributed by atoms with Crippen molar-refractivity contribution in [2.45, 2.75) is 44.4 Å². The van der Waals surface area contributed by atoms with Gasteiger partial charge in [0.2, 0.25) is 10.0 Å². The average molecular weight is 319 g/mol. The zero-order valence-electron chi connectivity index (χ0n) is 12.0. The number of unbranched alkanes of at least 4 members (excludes halogenated alkanes) is 1. The summed E-state index contributed by atoms with van der Waals surface area (Å²) in [6, 6.07) is 4.47. The number of hydrogen-bond acceptors (Lipinski definition) is 3. The summed E-state index contributed by atoms with van der Waals surface area (Å²) >= 11 is 5.94. The van der Waals surface area contributed by atoms with Crippen molar-refractivity contribution in [2.24, 2.45) is 5.92 Å². The molecule has 0 fully saturated rings. The van der Waals surface area contributed by atoms with E-state index in [1.54, 1.807) is 6.07 Å². The lowest BCUT2D eigenvalue weighted by atomic mass is 10.00. The summed E-state index contributed by atoms with van der Waals surface area (Å²) in [6.07, 6.45) is 4.21. The third kappa shape index (κ3) is 4.96. The van der Waals surface area contributed by atoms with E-state index in [-0.39, 0.29) is 9.92 Å². The molecule has 0 radical (unpaired) electrons. The van der Waals surface area contributed by atoms with Crippen LogP contribution in [-0.4, -0.2) is 15.0 Å². The van der Waals surface area contributed by atoms with E-state index in [4.69, 9.17) is 17.3 Å². The molecule has 1 atom stereocenters. The van der Waals surface area contributed by atoms with E-state index in [2.05, 4.69) is 18.6 Å². The van der Waals surface area contributed by atoms with Gasteiger partial charge in [-0.3, -0.25) is 0 Å². The summed E-state index contributed by atoms with van der Waals surface area (Å²) in [6.45, 7) is 4.63. The molecule has 20 heavy (non-hydrogen) atoms. The Hall–Kier alpha value is -0.780. The van der Waals surface area contributed by atoms with E-state index < -0.39 is 10.0 Å². The van der Waals surface area contributed by atoms with Crippen LogP contribution in [-0.2, 0) is 10.0 Å². The Morgan fingerprint density at radius 2 is 2.05 bits per heavy atom. The maximum absolute atomic E-state index is 12.2. The van der Waals surface area contributed by atoms with E-state index in [0.717, 1.165) is 25.7 Å². The molecule has 1 unspecified atom stereocenters. The van der Waals surface area contributed by atoms with Crippen molar-refractivity contribution in [3.63, 3.8) is 0 Å². The minimum absolute atomic E-state index is 0.0458. The Kier molecular flexibility index (Phi) is 6.79. The molecule has 0 saturated heterocycles. The third-order valence-corrected chi connectivity index (χ3v) is 5.26. The smallest absolute Gasteiger partial charge is 0.242 e. The number of hydrogen-bond donors (Lipinski definition) is 2. The molecule has 0 amide bonds. The fourth-order valence-electron chi connectivity index (χ4n) is 1.97. The average Bonchev–Trinajstić information content (AvgIpc) is 2.41. The van der Waals surface area contributed by atoms with Gasteiger partial charge in [0.1, 0.15) is 4.90 Å². The molecule has 0 aliphatic rings. The predicted octanol–water partition coefficient (Wildman–Crippen LogP) is 3.42. The van der Waals surface area contributed by atoms with Crippen molar-refractivity contribution in [3.05, 3.63) is 23.2 Å². The second kappa shape index (κ2) is 7.86. The highest BCUT2D eigenvalue weighted by atomic mass is 35.5. The van der Waals surface area contributed by atoms with Gasteiger partial charge in [-0.15, -0.1) is 0 Å². The second-order valence-corrected chi connectivity index (χ2v) is 7.10. The normalized spacial score (nSPS) is 13.3. The van der Waals surface area contributed by atoms with Crippen LogP contribution < -0.4 is 10.5 Å². The van der Waals surface area contributed by atoms with Crippen molar-refractivity contribution in [1.29, 1.82) is 0 Å². The molecule has 1 rings (SSSR count). The van der Waals surface area contributed by atoms with E-state index in [0.29, 0.717) is 18.2 Å². The Labute approximate surface area is 126 Å². The molecule has 4 nitrogen and oxygen atoms in total. The standard InChI is InChI=1S/C14H23ClN2O2S/c1-3-5-6-11(4-2)10-17-20(18,19)14-9-12(16)7-8-13(14)15/h7-9,11,17H,3-6,10,16H2,1-2H3. The summed E-state index contributed by atoms with van der Waals surface area (Å²) in [4.78, 5) is 0.0458. The van der Waals surface area contributed by atoms with Crippen molar-refractivity contribution in [2.75, 3.05) is 12.3 Å². The van der Waals surface area contributed by atoms with Crippen LogP contribution in [0.5, 0.6) is 0 Å². The molecule has 114 valence electrons. The SMILES string of the molecule is CCCCC(CC)CNS(=O)(=O)c1cc(N)ccc1Cl. The Balaban J connectivity index is 2.76. The molecule has 0 saturated carbocycles. The van der Waals surface area contributed by atoms with Gasteiger partial charge in [-0.05, 0) is 30.5 Å². The van der Waals surface area contributed by atoms with Crippen LogP contribution in [0.2, 0.25) is 5.02 Å². The van der Waals surface area contributed by atoms with E-state index in [1.165, 1.54) is 12.1 Å². The maximum atomic E-state index is 12.2. The molecule has 0 aliphatic carbocycles. The van der Waals surface area contributed by atoms with Crippen molar-refractivity contribution in [3.8, 4) is 0 Å². The van der Waals surface area contributed by atoms with Crippen LogP contribution in [0.1, 0.15) is 39.5 Å². The number of halogens is 1. The fraction of sp³-hybridized carbons (Fsp3) is 0.571. The molecule has 0 aliphatic heterocycles. The number of anilines is 1. The molecule has 0 bridgehead atoms. The first kappa shape index (κ1) is 17.3. The van der Waals surface area contributed by atoms with Crippen LogP contribution in [0.3, 0.4) is 0 Å². The molecular formula is C14H23ClN2O2S. The van der Waals surface area contributed by atoms with Gasteiger partial charge in [0.05, 0.1) is 5.02 Å². The largest absolute Gasteiger partial charge is 0.399 e. The van der Waals surface area contributed by atoms with E-state index in [9.17, 15) is 8.42 Å². The summed E-state index contributed by atoms with van der Waals surface area (Å²) in [7, 11) is -3.61. The van der Waals surface area contributed by atoms with Crippen molar-refractivity contribution in [1.82, 2.24) is 4.72 Å². The zero-order chi connectivity index (χ0) is 15.2. The predicted molar refractivity (Wildman–Crippen MR) is 84.4 cm³/mol. The van der Waals surface area contributed by atoms with Gasteiger partial charge in [0.25, 0.3) is 0 Å². The summed E-state index contributed by atoms with van der Waals surface area (Å²) in [5.74, 6) is 0.351. The number of nitrogen functional groups attached to an aromatic ring is 1. The molecule has 6 heteroatoms. The highest BCUT2D eigenvalue weighted by Gasteiger charge is 2.19. The number of rotatable bonds is 8. The van der Waals surface area contributed by atoms with E-state index in [1.807, 2.05) is 0 Å². The van der Waals surface area contributed by atoms with Gasteiger partial charge in [0.15, 0.2) is 0 Å². The summed E-state index contributed by atoms with van der Waals surface area (Å²) in [5, 5.41) is 0.188. The maximum Gasteiger partial charge on any atom is 0.242 e. The number of nitrogens with one attached hydrogen (secondary N) is 1. The first-order valence-corrected chi connectivity index (χ1v) is 8.81. The Bertz CT molecular complexity index is 532. The molecule has 0 heterocycles. The van der Waals surface area contributed by atoms with Crippen molar-refractivity contribution < 1.29 is 8.42 Å². The first-order valence-electron chi connectivity index (χ1n) is 6.95. The van der Waals surface area contributed by atoms with Gasteiger partial charge < -0.3 is 5.73 Å². The number of nitrogens with two attached hydrogens (primary N) is 1. The molecule has 1 aromatic rings. The quantitative estimate of drug-likeness (QED) is 0.721. The van der Waals surface area contributed by atoms with Gasteiger partial charge in [-0.2, -0.15) is 0 Å². The van der Waals surface area contributed by atoms with E-state index >= 15 is 0 Å². The van der Waals surface area contributed by atoms with Crippen LogP contribution in [0, 0.1) is 5.92 Å². The van der Waals surface area contributed by atoms with Crippen LogP contribution in [0.25, 0.3) is 0 Å².